The van der Waals surface area contributed by atoms with E-state index in [1.165, 1.54) is 0 Å². The standard InChI is InChI=1S/H6O18P6.H3O4P/c1-19(2)13-20(3,4)15-22(7,8)17-24(11,12)18-23(9,10)16-21(5,6)14-19;1-5(2,3)4/h(H,1,2)(H,3,4)(H,5,6)(H,7,8)(H,9,10)(H,11,12);(H3,1,2,3,4). The summed E-state index contributed by atoms with van der Waals surface area (Å²) in [5.41, 5.74) is 0. The Hall–Kier alpha value is 1.01. The third-order valence-corrected chi connectivity index (χ3v) is 11.1. The van der Waals surface area contributed by atoms with E-state index >= 15 is 0 Å². The van der Waals surface area contributed by atoms with Crippen LogP contribution >= 0.6 is 54.8 Å². The monoisotopic (exact) mass is 578 g/mol. The van der Waals surface area contributed by atoms with E-state index in [4.69, 9.17) is 48.6 Å². The molecule has 1 aliphatic rings. The molecule has 29 heavy (non-hydrogen) atoms. The topological polar surface area (TPSA) is 357 Å². The average molecular weight is 578 g/mol. The van der Waals surface area contributed by atoms with Crippen LogP contribution in [0.5, 0.6) is 0 Å². The van der Waals surface area contributed by atoms with Crippen LogP contribution < -0.4 is 0 Å². The summed E-state index contributed by atoms with van der Waals surface area (Å²) < 4.78 is 95.8. The van der Waals surface area contributed by atoms with E-state index in [0.717, 1.165) is 0 Å². The van der Waals surface area contributed by atoms with E-state index in [0.29, 0.717) is 0 Å². The van der Waals surface area contributed by atoms with Crippen molar-refractivity contribution in [1.82, 2.24) is 0 Å². The number of rotatable bonds is 0. The Labute approximate surface area is 157 Å². The highest BCUT2D eigenvalue weighted by atomic mass is 31.3. The second-order valence-corrected chi connectivity index (χ2v) is 14.4. The predicted octanol–water partition coefficient (Wildman–Crippen LogP) is -0.227. The van der Waals surface area contributed by atoms with Gasteiger partial charge in [-0.1, -0.05) is 0 Å². The van der Waals surface area contributed by atoms with Gasteiger partial charge in [0.25, 0.3) is 0 Å². The van der Waals surface area contributed by atoms with Gasteiger partial charge in [-0.3, -0.25) is 0 Å². The second-order valence-electron chi connectivity index (χ2n) is 3.81. The summed E-state index contributed by atoms with van der Waals surface area (Å²) >= 11 is 0. The fourth-order valence-electron chi connectivity index (χ4n) is 0.872. The van der Waals surface area contributed by atoms with E-state index in [9.17, 15) is 27.4 Å². The summed E-state index contributed by atoms with van der Waals surface area (Å²) in [6, 6.07) is 0. The van der Waals surface area contributed by atoms with E-state index in [-0.39, 0.29) is 0 Å². The number of hydrogen-bond donors (Lipinski definition) is 9. The average Bonchev–Trinajstić information content (AvgIpc) is 2.10. The first kappa shape index (κ1) is 30.0. The molecule has 0 unspecified atom stereocenters. The summed E-state index contributed by atoms with van der Waals surface area (Å²) in [5, 5.41) is 0. The van der Waals surface area contributed by atoms with Crippen molar-refractivity contribution in [2.45, 2.75) is 0 Å². The molecule has 29 heteroatoms. The maximum atomic E-state index is 11.2. The molecule has 0 atom stereocenters. The van der Waals surface area contributed by atoms with E-state index in [2.05, 4.69) is 25.9 Å². The molecule has 1 fully saturated rings. The van der Waals surface area contributed by atoms with Gasteiger partial charge in [0.1, 0.15) is 0 Å². The van der Waals surface area contributed by atoms with Crippen LogP contribution in [0.2, 0.25) is 0 Å². The minimum Gasteiger partial charge on any atom is -0.303 e. The Kier molecular flexibility index (Phi) is 9.81. The fraction of sp³-hybridized carbons (Fsp3) is 0. The number of phosphoric acid groups is 7. The molecular formula is H9O22P7. The third kappa shape index (κ3) is 15.5. The van der Waals surface area contributed by atoms with Crippen LogP contribution in [0.1, 0.15) is 0 Å². The summed E-state index contributed by atoms with van der Waals surface area (Å²) in [6.45, 7) is 0. The Morgan fingerprint density at radius 1 is 0.414 bits per heavy atom. The highest BCUT2D eigenvalue weighted by Crippen LogP contribution is 2.79. The minimum atomic E-state index is -6.11. The Bertz CT molecular complexity index is 710. The van der Waals surface area contributed by atoms with Gasteiger partial charge in [0.05, 0.1) is 0 Å². The van der Waals surface area contributed by atoms with Crippen LogP contribution in [0.15, 0.2) is 0 Å². The lowest BCUT2D eigenvalue weighted by Crippen LogP contribution is -2.02. The highest BCUT2D eigenvalue weighted by Gasteiger charge is 2.53. The summed E-state index contributed by atoms with van der Waals surface area (Å²) in [4.78, 5) is 75.1. The Morgan fingerprint density at radius 3 is 0.552 bits per heavy atom. The van der Waals surface area contributed by atoms with Crippen molar-refractivity contribution in [3.63, 3.8) is 0 Å². The van der Waals surface area contributed by atoms with Gasteiger partial charge in [-0.05, 0) is 0 Å². The van der Waals surface area contributed by atoms with Crippen molar-refractivity contribution in [2.24, 2.45) is 0 Å². The Balaban J connectivity index is 0.00000139. The lowest BCUT2D eigenvalue weighted by atomic mass is 15.7. The maximum Gasteiger partial charge on any atom is 0.490 e. The van der Waals surface area contributed by atoms with Gasteiger partial charge in [-0.2, -0.15) is 25.9 Å². The molecule has 0 aromatic carbocycles. The molecule has 1 aliphatic heterocycles. The molecule has 176 valence electrons. The zero-order valence-corrected chi connectivity index (χ0v) is 18.7. The largest absolute Gasteiger partial charge is 0.490 e. The van der Waals surface area contributed by atoms with E-state index in [1.54, 1.807) is 0 Å². The molecule has 1 heterocycles. The van der Waals surface area contributed by atoms with Crippen LogP contribution in [0.25, 0.3) is 0 Å². The third-order valence-electron chi connectivity index (χ3n) is 1.24. The SMILES string of the molecule is O=P(O)(O)O.O=P1(O)OP(=O)(O)OP(=O)(O)OP(=O)(O)OP(=O)(O)OP(=O)(O)O1. The summed E-state index contributed by atoms with van der Waals surface area (Å²) in [7, 11) is -41.3. The van der Waals surface area contributed by atoms with Crippen molar-refractivity contribution in [3.8, 4) is 0 Å². The molecular weight excluding hydrogens is 569 g/mol. The first-order chi connectivity index (χ1) is 12.2. The zero-order chi connectivity index (χ0) is 23.7. The van der Waals surface area contributed by atoms with Crippen molar-refractivity contribution in [3.05, 3.63) is 0 Å². The Morgan fingerprint density at radius 2 is 0.483 bits per heavy atom. The lowest BCUT2D eigenvalue weighted by molar-refractivity contribution is 0.168. The number of hydrogen-bond acceptors (Lipinski definition) is 13. The van der Waals surface area contributed by atoms with Gasteiger partial charge >= 0.3 is 54.8 Å². The summed E-state index contributed by atoms with van der Waals surface area (Å²) in [5.74, 6) is 0. The van der Waals surface area contributed by atoms with Crippen LogP contribution in [-0.2, 0) is 57.8 Å². The van der Waals surface area contributed by atoms with Crippen molar-refractivity contribution in [1.29, 1.82) is 0 Å². The van der Waals surface area contributed by atoms with Gasteiger partial charge in [-0.15, -0.1) is 0 Å². The maximum absolute atomic E-state index is 11.2. The second kappa shape index (κ2) is 9.48. The van der Waals surface area contributed by atoms with E-state index < -0.39 is 54.8 Å². The predicted molar refractivity (Wildman–Crippen MR) is 79.7 cm³/mol. The van der Waals surface area contributed by atoms with Crippen molar-refractivity contribution in [2.75, 3.05) is 0 Å². The molecule has 0 radical (unpaired) electrons. The molecule has 0 bridgehead atoms. The van der Waals surface area contributed by atoms with Crippen LogP contribution in [0.4, 0.5) is 0 Å². The molecule has 22 nitrogen and oxygen atoms in total. The first-order valence-corrected chi connectivity index (χ1v) is 15.8. The minimum absolute atomic E-state index is 3.28. The molecule has 0 aromatic heterocycles. The molecule has 0 aromatic rings. The molecule has 1 saturated heterocycles. The molecule has 0 saturated carbocycles. The first-order valence-electron chi connectivity index (χ1n) is 5.27. The summed E-state index contributed by atoms with van der Waals surface area (Å²) in [6.07, 6.45) is 0. The van der Waals surface area contributed by atoms with Gasteiger partial charge in [0.15, 0.2) is 0 Å². The van der Waals surface area contributed by atoms with Crippen LogP contribution in [0, 0.1) is 0 Å². The smallest absolute Gasteiger partial charge is 0.303 e. The molecule has 0 spiro atoms. The molecule has 0 amide bonds. The lowest BCUT2D eigenvalue weighted by Gasteiger charge is -2.23. The van der Waals surface area contributed by atoms with Gasteiger partial charge < -0.3 is 44.0 Å². The van der Waals surface area contributed by atoms with Gasteiger partial charge in [0, 0.05) is 0 Å². The van der Waals surface area contributed by atoms with E-state index in [1.807, 2.05) is 0 Å². The fourth-order valence-corrected chi connectivity index (χ4v) is 9.46. The highest BCUT2D eigenvalue weighted by molar-refractivity contribution is 7.75. The van der Waals surface area contributed by atoms with Gasteiger partial charge in [0.2, 0.25) is 0 Å². The normalized spacial score (nSPS) is 47.8. The molecule has 9 N–H and O–H groups in total. The van der Waals surface area contributed by atoms with Crippen LogP contribution in [-0.4, -0.2) is 44.0 Å². The quantitative estimate of drug-likeness (QED) is 0.168. The van der Waals surface area contributed by atoms with Gasteiger partial charge in [-0.25, -0.2) is 32.0 Å². The van der Waals surface area contributed by atoms with Crippen LogP contribution in [0.3, 0.4) is 0 Å². The molecule has 1 rings (SSSR count). The molecule has 0 aliphatic carbocycles. The van der Waals surface area contributed by atoms with Crippen molar-refractivity contribution < 1.29 is 102 Å². The zero-order valence-electron chi connectivity index (χ0n) is 12.5. The van der Waals surface area contributed by atoms with Crippen molar-refractivity contribution >= 4 is 54.8 Å².